The first kappa shape index (κ1) is 24.0. The average Bonchev–Trinajstić information content (AvgIpc) is 2.48. The number of benzene rings is 1. The van der Waals surface area contributed by atoms with Gasteiger partial charge in [0, 0.05) is 13.2 Å². The molecule has 0 aliphatic rings. The summed E-state index contributed by atoms with van der Waals surface area (Å²) in [5.74, 6) is -0.634. The highest BCUT2D eigenvalue weighted by atomic mass is 19.1. The van der Waals surface area contributed by atoms with Crippen molar-refractivity contribution in [3.8, 4) is 0 Å². The molecule has 0 aliphatic heterocycles. The maximum atomic E-state index is 13.1. The highest BCUT2D eigenvalue weighted by Gasteiger charge is 2.10. The van der Waals surface area contributed by atoms with Gasteiger partial charge in [0.1, 0.15) is 5.82 Å². The van der Waals surface area contributed by atoms with E-state index in [0.29, 0.717) is 5.56 Å². The molecule has 1 rings (SSSR count). The molecule has 0 amide bonds. The molecule has 0 saturated heterocycles. The molecule has 0 unspecified atom stereocenters. The Balaban J connectivity index is 0. The zero-order valence-electron chi connectivity index (χ0n) is 16.1. The standard InChI is InChI=1S/C10H11FO.C8H18O.C2H6/c1-6-4-7(2)10(8(3)12)9(11)5-6;1-3-5-6-8-9-7-4-2;1-2/h4-5H,1-3H3;3-8H2,1-2H3;1-2H3. The molecular formula is C20H35FO2. The van der Waals surface area contributed by atoms with Gasteiger partial charge in [-0.15, -0.1) is 0 Å². The van der Waals surface area contributed by atoms with Crippen LogP contribution in [0, 0.1) is 19.7 Å². The van der Waals surface area contributed by atoms with Crippen molar-refractivity contribution >= 4 is 5.78 Å². The number of unbranched alkanes of at least 4 members (excludes halogenated alkanes) is 2. The first-order valence-electron chi connectivity index (χ1n) is 8.79. The van der Waals surface area contributed by atoms with Crippen LogP contribution in [-0.2, 0) is 4.74 Å². The second-order valence-electron chi connectivity index (χ2n) is 5.31. The molecule has 0 aromatic heterocycles. The first-order valence-corrected chi connectivity index (χ1v) is 8.79. The molecule has 0 N–H and O–H groups in total. The van der Waals surface area contributed by atoms with Gasteiger partial charge in [0.05, 0.1) is 5.56 Å². The molecule has 0 aliphatic carbocycles. The first-order chi connectivity index (χ1) is 10.9. The minimum atomic E-state index is -0.417. The summed E-state index contributed by atoms with van der Waals surface area (Å²) in [5.41, 5.74) is 1.76. The molecule has 0 spiro atoms. The second-order valence-corrected chi connectivity index (χ2v) is 5.31. The molecule has 0 atom stereocenters. The Labute approximate surface area is 142 Å². The van der Waals surface area contributed by atoms with Gasteiger partial charge in [0.15, 0.2) is 5.78 Å². The molecule has 134 valence electrons. The van der Waals surface area contributed by atoms with Gasteiger partial charge < -0.3 is 4.74 Å². The summed E-state index contributed by atoms with van der Waals surface area (Å²) in [4.78, 5) is 11.0. The van der Waals surface area contributed by atoms with Gasteiger partial charge in [-0.05, 0) is 50.8 Å². The van der Waals surface area contributed by atoms with Gasteiger partial charge >= 0.3 is 0 Å². The fraction of sp³-hybridized carbons (Fsp3) is 0.650. The van der Waals surface area contributed by atoms with Crippen molar-refractivity contribution in [2.75, 3.05) is 13.2 Å². The van der Waals surface area contributed by atoms with E-state index in [0.717, 1.165) is 25.2 Å². The molecule has 0 heterocycles. The van der Waals surface area contributed by atoms with E-state index >= 15 is 0 Å². The minimum absolute atomic E-state index is 0.209. The third kappa shape index (κ3) is 11.9. The van der Waals surface area contributed by atoms with Crippen molar-refractivity contribution in [1.29, 1.82) is 0 Å². The molecule has 1 aromatic rings. The molecule has 1 aromatic carbocycles. The zero-order chi connectivity index (χ0) is 18.3. The van der Waals surface area contributed by atoms with E-state index in [1.165, 1.54) is 32.3 Å². The second kappa shape index (κ2) is 15.7. The predicted molar refractivity (Wildman–Crippen MR) is 97.9 cm³/mol. The van der Waals surface area contributed by atoms with E-state index in [4.69, 9.17) is 4.74 Å². The van der Waals surface area contributed by atoms with Crippen molar-refractivity contribution < 1.29 is 13.9 Å². The fourth-order valence-electron chi connectivity index (χ4n) is 2.06. The Morgan fingerprint density at radius 2 is 1.65 bits per heavy atom. The van der Waals surface area contributed by atoms with Crippen molar-refractivity contribution in [2.45, 2.75) is 74.1 Å². The average molecular weight is 326 g/mol. The monoisotopic (exact) mass is 326 g/mol. The predicted octanol–water partition coefficient (Wildman–Crippen LogP) is 6.27. The summed E-state index contributed by atoms with van der Waals surface area (Å²) in [6.07, 6.45) is 4.97. The van der Waals surface area contributed by atoms with Crippen LogP contribution in [0.3, 0.4) is 0 Å². The van der Waals surface area contributed by atoms with Gasteiger partial charge in [-0.3, -0.25) is 4.79 Å². The Kier molecular flexibility index (Phi) is 16.4. The van der Waals surface area contributed by atoms with Gasteiger partial charge in [0.2, 0.25) is 0 Å². The Hall–Kier alpha value is -1.22. The van der Waals surface area contributed by atoms with Gasteiger partial charge in [-0.1, -0.05) is 46.6 Å². The lowest BCUT2D eigenvalue weighted by atomic mass is 10.0. The highest BCUT2D eigenvalue weighted by molar-refractivity contribution is 5.95. The molecule has 2 nitrogen and oxygen atoms in total. The summed E-state index contributed by atoms with van der Waals surface area (Å²) >= 11 is 0. The summed E-state index contributed by atoms with van der Waals surface area (Å²) in [6.45, 7) is 15.2. The molecule has 0 bridgehead atoms. The third-order valence-corrected chi connectivity index (χ3v) is 3.02. The number of halogens is 1. The van der Waals surface area contributed by atoms with Crippen molar-refractivity contribution in [1.82, 2.24) is 0 Å². The Morgan fingerprint density at radius 3 is 2.09 bits per heavy atom. The van der Waals surface area contributed by atoms with E-state index in [-0.39, 0.29) is 11.3 Å². The van der Waals surface area contributed by atoms with Crippen LogP contribution in [0.15, 0.2) is 12.1 Å². The summed E-state index contributed by atoms with van der Waals surface area (Å²) < 4.78 is 18.4. The number of carbonyl (C=O) groups excluding carboxylic acids is 1. The maximum absolute atomic E-state index is 13.1. The number of hydrogen-bond donors (Lipinski definition) is 0. The summed E-state index contributed by atoms with van der Waals surface area (Å²) in [5, 5.41) is 0. The fourth-order valence-corrected chi connectivity index (χ4v) is 2.06. The van der Waals surface area contributed by atoms with Crippen molar-refractivity contribution in [3.63, 3.8) is 0 Å². The number of aryl methyl sites for hydroxylation is 2. The molecule has 0 fully saturated rings. The number of ketones is 1. The SMILES string of the molecule is CC.CC(=O)c1c(C)cc(C)cc1F.CCCCCOCCC. The van der Waals surface area contributed by atoms with Crippen LogP contribution in [0.1, 0.15) is 81.8 Å². The summed E-state index contributed by atoms with van der Waals surface area (Å²) in [7, 11) is 0. The summed E-state index contributed by atoms with van der Waals surface area (Å²) in [6, 6.07) is 3.18. The van der Waals surface area contributed by atoms with Gasteiger partial charge in [-0.25, -0.2) is 4.39 Å². The van der Waals surface area contributed by atoms with Crippen LogP contribution in [0.5, 0.6) is 0 Å². The minimum Gasteiger partial charge on any atom is -0.381 e. The topological polar surface area (TPSA) is 26.3 Å². The molecular weight excluding hydrogens is 291 g/mol. The number of hydrogen-bond acceptors (Lipinski definition) is 2. The van der Waals surface area contributed by atoms with E-state index in [1.54, 1.807) is 19.9 Å². The van der Waals surface area contributed by atoms with Crippen LogP contribution in [0.25, 0.3) is 0 Å². The molecule has 0 radical (unpaired) electrons. The lowest BCUT2D eigenvalue weighted by molar-refractivity contribution is 0.101. The van der Waals surface area contributed by atoms with Crippen molar-refractivity contribution in [2.24, 2.45) is 0 Å². The number of rotatable bonds is 7. The molecule has 0 saturated carbocycles. The largest absolute Gasteiger partial charge is 0.381 e. The van der Waals surface area contributed by atoms with Crippen LogP contribution >= 0.6 is 0 Å². The van der Waals surface area contributed by atoms with Crippen LogP contribution in [0.4, 0.5) is 4.39 Å². The highest BCUT2D eigenvalue weighted by Crippen LogP contribution is 2.15. The van der Waals surface area contributed by atoms with Crippen LogP contribution in [-0.4, -0.2) is 19.0 Å². The van der Waals surface area contributed by atoms with Gasteiger partial charge in [-0.2, -0.15) is 0 Å². The lowest BCUT2D eigenvalue weighted by Crippen LogP contribution is -2.01. The third-order valence-electron chi connectivity index (χ3n) is 3.02. The van der Waals surface area contributed by atoms with E-state index < -0.39 is 5.82 Å². The normalized spacial score (nSPS) is 9.39. The molecule has 23 heavy (non-hydrogen) atoms. The van der Waals surface area contributed by atoms with Crippen LogP contribution in [0.2, 0.25) is 0 Å². The Morgan fingerprint density at radius 1 is 1.04 bits per heavy atom. The number of Topliss-reactive ketones (excluding diaryl/α,β-unsaturated/α-hetero) is 1. The number of ether oxygens (including phenoxy) is 1. The smallest absolute Gasteiger partial charge is 0.163 e. The number of carbonyl (C=O) groups is 1. The zero-order valence-corrected chi connectivity index (χ0v) is 16.1. The molecule has 3 heteroatoms. The Bertz CT molecular complexity index is 399. The van der Waals surface area contributed by atoms with E-state index in [1.807, 2.05) is 13.8 Å². The van der Waals surface area contributed by atoms with E-state index in [9.17, 15) is 9.18 Å². The van der Waals surface area contributed by atoms with Gasteiger partial charge in [0.25, 0.3) is 0 Å². The lowest BCUT2D eigenvalue weighted by Gasteiger charge is -2.04. The van der Waals surface area contributed by atoms with Crippen LogP contribution < -0.4 is 0 Å². The van der Waals surface area contributed by atoms with Crippen molar-refractivity contribution in [3.05, 3.63) is 34.6 Å². The quantitative estimate of drug-likeness (QED) is 0.436. The maximum Gasteiger partial charge on any atom is 0.163 e. The van der Waals surface area contributed by atoms with E-state index in [2.05, 4.69) is 13.8 Å².